The number of halogens is 1. The third-order valence-corrected chi connectivity index (χ3v) is 4.20. The predicted octanol–water partition coefficient (Wildman–Crippen LogP) is 2.73. The molecular weight excluding hydrogens is 300 g/mol. The molecule has 1 aromatic carbocycles. The van der Waals surface area contributed by atoms with Gasteiger partial charge in [0.2, 0.25) is 0 Å². The summed E-state index contributed by atoms with van der Waals surface area (Å²) in [5.41, 5.74) is 8.17. The van der Waals surface area contributed by atoms with Gasteiger partial charge in [0, 0.05) is 13.1 Å². The number of likely N-dealkylation sites (tertiary alicyclic amines) is 1. The molecule has 1 unspecified atom stereocenters. The minimum Gasteiger partial charge on any atom is -0.484 e. The number of carbonyl (C=O) groups is 1. The van der Waals surface area contributed by atoms with Gasteiger partial charge in [-0.2, -0.15) is 0 Å². The van der Waals surface area contributed by atoms with Crippen molar-refractivity contribution in [3.05, 3.63) is 29.3 Å². The molecule has 0 aromatic heterocycles. The molecule has 0 radical (unpaired) electrons. The predicted molar refractivity (Wildman–Crippen MR) is 91.8 cm³/mol. The fourth-order valence-corrected chi connectivity index (χ4v) is 2.87. The Hall–Kier alpha value is -1.26. The molecule has 1 amide bonds. The number of amides is 1. The summed E-state index contributed by atoms with van der Waals surface area (Å²) >= 11 is 0. The third kappa shape index (κ3) is 4.62. The molecule has 4 nitrogen and oxygen atoms in total. The normalized spacial score (nSPS) is 17.5. The van der Waals surface area contributed by atoms with Crippen LogP contribution >= 0.6 is 12.4 Å². The van der Waals surface area contributed by atoms with Gasteiger partial charge in [0.15, 0.2) is 6.61 Å². The van der Waals surface area contributed by atoms with Crippen molar-refractivity contribution in [2.75, 3.05) is 26.2 Å². The summed E-state index contributed by atoms with van der Waals surface area (Å²) < 4.78 is 5.64. The lowest BCUT2D eigenvalue weighted by Gasteiger charge is -2.17. The molecular formula is C17H27ClN2O2. The van der Waals surface area contributed by atoms with Crippen molar-refractivity contribution in [1.82, 2.24) is 4.90 Å². The zero-order valence-electron chi connectivity index (χ0n) is 13.7. The van der Waals surface area contributed by atoms with Crippen molar-refractivity contribution in [2.45, 2.75) is 33.1 Å². The molecule has 1 aromatic rings. The van der Waals surface area contributed by atoms with Crippen LogP contribution in [0.4, 0.5) is 0 Å². The first-order chi connectivity index (χ1) is 10.0. The Kier molecular flexibility index (Phi) is 7.17. The summed E-state index contributed by atoms with van der Waals surface area (Å²) in [5, 5.41) is 0. The van der Waals surface area contributed by atoms with E-state index >= 15 is 0 Å². The maximum absolute atomic E-state index is 12.1. The number of ether oxygens (including phenoxy) is 1. The highest BCUT2D eigenvalue weighted by Crippen LogP contribution is 2.23. The highest BCUT2D eigenvalue weighted by Gasteiger charge is 2.25. The summed E-state index contributed by atoms with van der Waals surface area (Å²) in [4.78, 5) is 14.0. The van der Waals surface area contributed by atoms with E-state index in [0.717, 1.165) is 25.3 Å². The second-order valence-corrected chi connectivity index (χ2v) is 6.19. The standard InChI is InChI=1S/C17H26N2O2.ClH/c1-12(2)16-5-4-15(8-13(16)3)21-11-17(20)19-7-6-14(9-18)10-19;/h4-5,8,12,14H,6-7,9-11,18H2,1-3H3;1H. The van der Waals surface area contributed by atoms with E-state index in [1.54, 1.807) is 0 Å². The van der Waals surface area contributed by atoms with E-state index < -0.39 is 0 Å². The number of hydrogen-bond donors (Lipinski definition) is 1. The molecule has 1 fully saturated rings. The Labute approximate surface area is 139 Å². The molecule has 2 N–H and O–H groups in total. The molecule has 2 rings (SSSR count). The van der Waals surface area contributed by atoms with Gasteiger partial charge in [-0.15, -0.1) is 12.4 Å². The van der Waals surface area contributed by atoms with Gasteiger partial charge < -0.3 is 15.4 Å². The van der Waals surface area contributed by atoms with Crippen LogP contribution < -0.4 is 10.5 Å². The Morgan fingerprint density at radius 2 is 2.18 bits per heavy atom. The van der Waals surface area contributed by atoms with E-state index in [1.165, 1.54) is 11.1 Å². The molecule has 1 saturated heterocycles. The van der Waals surface area contributed by atoms with Crippen molar-refractivity contribution in [3.63, 3.8) is 0 Å². The molecule has 0 spiro atoms. The molecule has 0 bridgehead atoms. The van der Waals surface area contributed by atoms with Gasteiger partial charge in [-0.1, -0.05) is 19.9 Å². The number of aryl methyl sites for hydroxylation is 1. The van der Waals surface area contributed by atoms with Gasteiger partial charge in [0.25, 0.3) is 5.91 Å². The zero-order chi connectivity index (χ0) is 15.4. The van der Waals surface area contributed by atoms with Crippen LogP contribution in [0.2, 0.25) is 0 Å². The Morgan fingerprint density at radius 1 is 1.45 bits per heavy atom. The Balaban J connectivity index is 0.00000242. The molecule has 1 heterocycles. The molecule has 1 aliphatic rings. The van der Waals surface area contributed by atoms with Crippen LogP contribution in [0.25, 0.3) is 0 Å². The summed E-state index contributed by atoms with van der Waals surface area (Å²) in [5.74, 6) is 1.76. The first kappa shape index (κ1) is 18.8. The summed E-state index contributed by atoms with van der Waals surface area (Å²) in [6.07, 6.45) is 1.00. The van der Waals surface area contributed by atoms with E-state index in [4.69, 9.17) is 10.5 Å². The van der Waals surface area contributed by atoms with Crippen LogP contribution in [0.1, 0.15) is 37.3 Å². The van der Waals surface area contributed by atoms with Gasteiger partial charge in [-0.05, 0) is 55.0 Å². The lowest BCUT2D eigenvalue weighted by Crippen LogP contribution is -2.33. The van der Waals surface area contributed by atoms with Gasteiger partial charge in [-0.25, -0.2) is 0 Å². The second kappa shape index (κ2) is 8.39. The van der Waals surface area contributed by atoms with E-state index in [1.807, 2.05) is 17.0 Å². The van der Waals surface area contributed by atoms with Crippen LogP contribution in [-0.4, -0.2) is 37.0 Å². The van der Waals surface area contributed by atoms with Crippen LogP contribution in [0.5, 0.6) is 5.75 Å². The summed E-state index contributed by atoms with van der Waals surface area (Å²) in [7, 11) is 0. The first-order valence-corrected chi connectivity index (χ1v) is 7.72. The van der Waals surface area contributed by atoms with Gasteiger partial charge >= 0.3 is 0 Å². The van der Waals surface area contributed by atoms with E-state index in [9.17, 15) is 4.79 Å². The van der Waals surface area contributed by atoms with Gasteiger partial charge in [0.05, 0.1) is 0 Å². The lowest BCUT2D eigenvalue weighted by atomic mass is 9.98. The Morgan fingerprint density at radius 3 is 2.73 bits per heavy atom. The quantitative estimate of drug-likeness (QED) is 0.905. The highest BCUT2D eigenvalue weighted by molar-refractivity contribution is 5.85. The van der Waals surface area contributed by atoms with Crippen molar-refractivity contribution in [3.8, 4) is 5.75 Å². The fourth-order valence-electron chi connectivity index (χ4n) is 2.87. The van der Waals surface area contributed by atoms with Crippen molar-refractivity contribution in [1.29, 1.82) is 0 Å². The van der Waals surface area contributed by atoms with E-state index in [2.05, 4.69) is 26.8 Å². The lowest BCUT2D eigenvalue weighted by molar-refractivity contribution is -0.132. The van der Waals surface area contributed by atoms with Crippen LogP contribution in [0.3, 0.4) is 0 Å². The SMILES string of the molecule is Cc1cc(OCC(=O)N2CCC(CN)C2)ccc1C(C)C.Cl. The van der Waals surface area contributed by atoms with E-state index in [0.29, 0.717) is 18.4 Å². The number of nitrogens with two attached hydrogens (primary N) is 1. The Bertz CT molecular complexity index is 505. The summed E-state index contributed by atoms with van der Waals surface area (Å²) in [6.45, 7) is 8.76. The number of hydrogen-bond acceptors (Lipinski definition) is 3. The molecule has 124 valence electrons. The first-order valence-electron chi connectivity index (χ1n) is 7.72. The van der Waals surface area contributed by atoms with Crippen molar-refractivity contribution >= 4 is 18.3 Å². The molecule has 1 aliphatic heterocycles. The molecule has 1 atom stereocenters. The van der Waals surface area contributed by atoms with Crippen LogP contribution in [0.15, 0.2) is 18.2 Å². The average molecular weight is 327 g/mol. The van der Waals surface area contributed by atoms with Crippen molar-refractivity contribution < 1.29 is 9.53 Å². The maximum atomic E-state index is 12.1. The van der Waals surface area contributed by atoms with Crippen LogP contribution in [-0.2, 0) is 4.79 Å². The van der Waals surface area contributed by atoms with Crippen molar-refractivity contribution in [2.24, 2.45) is 11.7 Å². The number of nitrogens with zero attached hydrogens (tertiary/aromatic N) is 1. The topological polar surface area (TPSA) is 55.6 Å². The van der Waals surface area contributed by atoms with Crippen LogP contribution in [0, 0.1) is 12.8 Å². The average Bonchev–Trinajstić information content (AvgIpc) is 2.93. The number of rotatable bonds is 5. The fraction of sp³-hybridized carbons (Fsp3) is 0.588. The number of benzene rings is 1. The van der Waals surface area contributed by atoms with Gasteiger partial charge in [-0.3, -0.25) is 4.79 Å². The molecule has 0 saturated carbocycles. The zero-order valence-corrected chi connectivity index (χ0v) is 14.5. The van der Waals surface area contributed by atoms with E-state index in [-0.39, 0.29) is 24.9 Å². The minimum atomic E-state index is 0. The monoisotopic (exact) mass is 326 g/mol. The summed E-state index contributed by atoms with van der Waals surface area (Å²) in [6, 6.07) is 6.04. The highest BCUT2D eigenvalue weighted by atomic mass is 35.5. The molecule has 0 aliphatic carbocycles. The minimum absolute atomic E-state index is 0. The maximum Gasteiger partial charge on any atom is 0.260 e. The molecule has 22 heavy (non-hydrogen) atoms. The third-order valence-electron chi connectivity index (χ3n) is 4.20. The molecule has 5 heteroatoms. The second-order valence-electron chi connectivity index (χ2n) is 6.19. The van der Waals surface area contributed by atoms with Gasteiger partial charge in [0.1, 0.15) is 5.75 Å². The largest absolute Gasteiger partial charge is 0.484 e. The number of carbonyl (C=O) groups excluding carboxylic acids is 1. The smallest absolute Gasteiger partial charge is 0.260 e.